The van der Waals surface area contributed by atoms with Crippen molar-refractivity contribution >= 4 is 5.82 Å². The number of methoxy groups -OCH3 is 2. The summed E-state index contributed by atoms with van der Waals surface area (Å²) in [5, 5.41) is 12.7. The lowest BCUT2D eigenvalue weighted by molar-refractivity contribution is 0.0732. The molecule has 1 saturated carbocycles. The van der Waals surface area contributed by atoms with Gasteiger partial charge in [0.15, 0.2) is 0 Å². The molecular formula is C17H21N3O3. The number of hydrogen-bond acceptors (Lipinski definition) is 6. The Kier molecular flexibility index (Phi) is 4.62. The Morgan fingerprint density at radius 1 is 1.17 bits per heavy atom. The van der Waals surface area contributed by atoms with Crippen molar-refractivity contribution in [2.24, 2.45) is 0 Å². The Morgan fingerprint density at radius 2 is 2.00 bits per heavy atom. The van der Waals surface area contributed by atoms with Gasteiger partial charge < -0.3 is 19.9 Å². The standard InChI is InChI=1S/C17H21N3O3/c1-22-14-4-3-11(16(7-14)23-2)9-18-17-8-15(19-10-20-17)12-5-13(21)6-12/h3-4,7-8,10,12-13,21H,5-6,9H2,1-2H3,(H,18,19,20). The van der Waals surface area contributed by atoms with Crippen LogP contribution in [0, 0.1) is 0 Å². The zero-order valence-corrected chi connectivity index (χ0v) is 13.3. The Morgan fingerprint density at radius 3 is 2.70 bits per heavy atom. The fourth-order valence-corrected chi connectivity index (χ4v) is 2.71. The van der Waals surface area contributed by atoms with E-state index in [-0.39, 0.29) is 6.10 Å². The maximum atomic E-state index is 9.42. The topological polar surface area (TPSA) is 76.5 Å². The van der Waals surface area contributed by atoms with Crippen LogP contribution in [-0.4, -0.2) is 35.4 Å². The molecule has 23 heavy (non-hydrogen) atoms. The van der Waals surface area contributed by atoms with Gasteiger partial charge >= 0.3 is 0 Å². The number of aliphatic hydroxyl groups is 1. The smallest absolute Gasteiger partial charge is 0.129 e. The molecular weight excluding hydrogens is 294 g/mol. The SMILES string of the molecule is COc1ccc(CNc2cc(C3CC(O)C3)ncn2)c(OC)c1. The van der Waals surface area contributed by atoms with Gasteiger partial charge in [-0.2, -0.15) is 0 Å². The molecule has 6 nitrogen and oxygen atoms in total. The molecule has 6 heteroatoms. The van der Waals surface area contributed by atoms with E-state index in [0.29, 0.717) is 12.5 Å². The molecule has 0 amide bonds. The molecule has 122 valence electrons. The Balaban J connectivity index is 1.67. The predicted octanol–water partition coefficient (Wildman–Crippen LogP) is 2.34. The first-order valence-electron chi connectivity index (χ1n) is 7.64. The van der Waals surface area contributed by atoms with Gasteiger partial charge in [0.2, 0.25) is 0 Å². The maximum absolute atomic E-state index is 9.42. The predicted molar refractivity (Wildman–Crippen MR) is 86.9 cm³/mol. The van der Waals surface area contributed by atoms with E-state index < -0.39 is 0 Å². The third-order valence-electron chi connectivity index (χ3n) is 4.17. The summed E-state index contributed by atoms with van der Waals surface area (Å²) in [6.07, 6.45) is 2.94. The van der Waals surface area contributed by atoms with Gasteiger partial charge in [-0.3, -0.25) is 0 Å². The van der Waals surface area contributed by atoms with Crippen molar-refractivity contribution in [3.05, 3.63) is 41.9 Å². The molecule has 0 radical (unpaired) electrons. The van der Waals surface area contributed by atoms with Crippen LogP contribution in [0.5, 0.6) is 11.5 Å². The van der Waals surface area contributed by atoms with Gasteiger partial charge in [0, 0.05) is 35.9 Å². The molecule has 1 aliphatic rings. The second-order valence-corrected chi connectivity index (χ2v) is 5.68. The minimum absolute atomic E-state index is 0.185. The second kappa shape index (κ2) is 6.83. The van der Waals surface area contributed by atoms with Crippen LogP contribution in [0.1, 0.15) is 30.0 Å². The van der Waals surface area contributed by atoms with Gasteiger partial charge in [-0.05, 0) is 25.0 Å². The van der Waals surface area contributed by atoms with Gasteiger partial charge in [0.05, 0.1) is 20.3 Å². The van der Waals surface area contributed by atoms with Crippen LogP contribution in [0.15, 0.2) is 30.6 Å². The monoisotopic (exact) mass is 315 g/mol. The van der Waals surface area contributed by atoms with Gasteiger partial charge in [-0.1, -0.05) is 0 Å². The summed E-state index contributed by atoms with van der Waals surface area (Å²) >= 11 is 0. The van der Waals surface area contributed by atoms with Crippen LogP contribution in [0.25, 0.3) is 0 Å². The molecule has 0 bridgehead atoms. The van der Waals surface area contributed by atoms with Crippen molar-refractivity contribution in [1.82, 2.24) is 9.97 Å². The molecule has 1 fully saturated rings. The number of benzene rings is 1. The summed E-state index contributed by atoms with van der Waals surface area (Å²) in [5.41, 5.74) is 2.00. The maximum Gasteiger partial charge on any atom is 0.129 e. The molecule has 2 aromatic rings. The first-order valence-corrected chi connectivity index (χ1v) is 7.64. The van der Waals surface area contributed by atoms with Crippen molar-refractivity contribution in [3.8, 4) is 11.5 Å². The Bertz CT molecular complexity index is 672. The van der Waals surface area contributed by atoms with Crippen molar-refractivity contribution < 1.29 is 14.6 Å². The number of nitrogens with zero attached hydrogens (tertiary/aromatic N) is 2. The fraction of sp³-hybridized carbons (Fsp3) is 0.412. The normalized spacial score (nSPS) is 19.8. The molecule has 1 aromatic heterocycles. The van der Waals surface area contributed by atoms with Crippen LogP contribution in [0.4, 0.5) is 5.82 Å². The number of aromatic nitrogens is 2. The molecule has 1 aromatic carbocycles. The quantitative estimate of drug-likeness (QED) is 0.852. The molecule has 2 N–H and O–H groups in total. The second-order valence-electron chi connectivity index (χ2n) is 5.68. The highest BCUT2D eigenvalue weighted by molar-refractivity contribution is 5.44. The van der Waals surface area contributed by atoms with E-state index in [1.807, 2.05) is 24.3 Å². The molecule has 0 unspecified atom stereocenters. The van der Waals surface area contributed by atoms with Crippen molar-refractivity contribution in [3.63, 3.8) is 0 Å². The van der Waals surface area contributed by atoms with Crippen molar-refractivity contribution in [2.75, 3.05) is 19.5 Å². The summed E-state index contributed by atoms with van der Waals surface area (Å²) in [6.45, 7) is 0.594. The van der Waals surface area contributed by atoms with Crippen LogP contribution in [0.3, 0.4) is 0 Å². The van der Waals surface area contributed by atoms with E-state index in [1.54, 1.807) is 20.5 Å². The lowest BCUT2D eigenvalue weighted by atomic mass is 9.80. The van der Waals surface area contributed by atoms with Crippen molar-refractivity contribution in [1.29, 1.82) is 0 Å². The fourth-order valence-electron chi connectivity index (χ4n) is 2.71. The Labute approximate surface area is 135 Å². The van der Waals surface area contributed by atoms with Gasteiger partial charge in [0.25, 0.3) is 0 Å². The highest BCUT2D eigenvalue weighted by Crippen LogP contribution is 2.36. The van der Waals surface area contributed by atoms with E-state index in [4.69, 9.17) is 9.47 Å². The Hall–Kier alpha value is -2.34. The number of rotatable bonds is 6. The van der Waals surface area contributed by atoms with Gasteiger partial charge in [0.1, 0.15) is 23.6 Å². The van der Waals surface area contributed by atoms with E-state index in [0.717, 1.165) is 41.4 Å². The molecule has 1 heterocycles. The molecule has 1 aliphatic carbocycles. The zero-order chi connectivity index (χ0) is 16.2. The van der Waals surface area contributed by atoms with Crippen LogP contribution < -0.4 is 14.8 Å². The average molecular weight is 315 g/mol. The first-order chi connectivity index (χ1) is 11.2. The molecule has 0 spiro atoms. The summed E-state index contributed by atoms with van der Waals surface area (Å²) in [4.78, 5) is 8.56. The van der Waals surface area contributed by atoms with Crippen LogP contribution >= 0.6 is 0 Å². The van der Waals surface area contributed by atoms with E-state index in [1.165, 1.54) is 0 Å². The average Bonchev–Trinajstić information content (AvgIpc) is 2.57. The van der Waals surface area contributed by atoms with E-state index in [9.17, 15) is 5.11 Å². The number of anilines is 1. The number of nitrogens with one attached hydrogen (secondary N) is 1. The highest BCUT2D eigenvalue weighted by atomic mass is 16.5. The van der Waals surface area contributed by atoms with Crippen LogP contribution in [0.2, 0.25) is 0 Å². The third-order valence-corrected chi connectivity index (χ3v) is 4.17. The van der Waals surface area contributed by atoms with E-state index >= 15 is 0 Å². The lowest BCUT2D eigenvalue weighted by Crippen LogP contribution is -2.27. The first kappa shape index (κ1) is 15.6. The van der Waals surface area contributed by atoms with Gasteiger partial charge in [-0.25, -0.2) is 9.97 Å². The molecule has 0 aliphatic heterocycles. The number of hydrogen-bond donors (Lipinski definition) is 2. The summed E-state index contributed by atoms with van der Waals surface area (Å²) < 4.78 is 10.6. The summed E-state index contributed by atoms with van der Waals surface area (Å²) in [6, 6.07) is 7.68. The summed E-state index contributed by atoms with van der Waals surface area (Å²) in [7, 11) is 3.27. The molecule has 0 atom stereocenters. The molecule has 3 rings (SSSR count). The minimum atomic E-state index is -0.185. The number of aliphatic hydroxyl groups excluding tert-OH is 1. The van der Waals surface area contributed by atoms with E-state index in [2.05, 4.69) is 15.3 Å². The third kappa shape index (κ3) is 3.53. The van der Waals surface area contributed by atoms with Gasteiger partial charge in [-0.15, -0.1) is 0 Å². The zero-order valence-electron chi connectivity index (χ0n) is 13.3. The van der Waals surface area contributed by atoms with Crippen molar-refractivity contribution in [2.45, 2.75) is 31.4 Å². The lowest BCUT2D eigenvalue weighted by Gasteiger charge is -2.30. The summed E-state index contributed by atoms with van der Waals surface area (Å²) in [5.74, 6) is 2.64. The number of ether oxygens (including phenoxy) is 2. The van der Waals surface area contributed by atoms with Crippen LogP contribution in [-0.2, 0) is 6.54 Å². The largest absolute Gasteiger partial charge is 0.497 e. The molecule has 0 saturated heterocycles. The highest BCUT2D eigenvalue weighted by Gasteiger charge is 2.29. The minimum Gasteiger partial charge on any atom is -0.497 e.